The van der Waals surface area contributed by atoms with Crippen molar-refractivity contribution in [2.75, 3.05) is 13.1 Å². The lowest BCUT2D eigenvalue weighted by Crippen LogP contribution is -2.56. The zero-order valence-electron chi connectivity index (χ0n) is 15.0. The Bertz CT molecular complexity index is 694. The van der Waals surface area contributed by atoms with Crippen LogP contribution in [0.3, 0.4) is 0 Å². The van der Waals surface area contributed by atoms with Gasteiger partial charge in [-0.05, 0) is 39.3 Å². The molecule has 1 aliphatic rings. The van der Waals surface area contributed by atoms with Crippen LogP contribution in [0.1, 0.15) is 30.3 Å². The average molecular weight is 329 g/mol. The molecule has 2 aromatic rings. The standard InChI is InChI=1S/C19H27N3O2/c1-14-17(15(2)21(4)20-14)12-22-11-10-18(19(3,23)13-22)24-16-8-6-5-7-9-16/h5-9,18,23H,10-13H2,1-4H3/t18-,19-/m0/s1. The number of aliphatic hydroxyl groups is 1. The molecule has 0 saturated carbocycles. The summed E-state index contributed by atoms with van der Waals surface area (Å²) < 4.78 is 7.95. The summed E-state index contributed by atoms with van der Waals surface area (Å²) in [4.78, 5) is 2.29. The summed E-state index contributed by atoms with van der Waals surface area (Å²) in [5.41, 5.74) is 2.64. The lowest BCUT2D eigenvalue weighted by molar-refractivity contribution is -0.0993. The first kappa shape index (κ1) is 17.0. The maximum atomic E-state index is 10.9. The Kier molecular flexibility index (Phi) is 4.65. The fraction of sp³-hybridized carbons (Fsp3) is 0.526. The number of ether oxygens (including phenoxy) is 1. The fourth-order valence-corrected chi connectivity index (χ4v) is 3.50. The number of likely N-dealkylation sites (tertiary alicyclic amines) is 1. The van der Waals surface area contributed by atoms with Crippen molar-refractivity contribution in [3.05, 3.63) is 47.3 Å². The molecule has 0 unspecified atom stereocenters. The van der Waals surface area contributed by atoms with E-state index in [0.29, 0.717) is 6.54 Å². The van der Waals surface area contributed by atoms with E-state index in [-0.39, 0.29) is 6.10 Å². The second kappa shape index (κ2) is 6.57. The van der Waals surface area contributed by atoms with Crippen molar-refractivity contribution in [1.29, 1.82) is 0 Å². The second-order valence-electron chi connectivity index (χ2n) is 7.05. The molecule has 0 bridgehead atoms. The van der Waals surface area contributed by atoms with Crippen molar-refractivity contribution in [3.8, 4) is 5.75 Å². The SMILES string of the molecule is Cc1nn(C)c(C)c1CN1CC[C@H](Oc2ccccc2)[C@@](C)(O)C1. The Balaban J connectivity index is 1.67. The van der Waals surface area contributed by atoms with Crippen LogP contribution in [0.5, 0.6) is 5.75 Å². The molecule has 1 fully saturated rings. The number of hydrogen-bond acceptors (Lipinski definition) is 4. The van der Waals surface area contributed by atoms with E-state index in [4.69, 9.17) is 4.74 Å². The lowest BCUT2D eigenvalue weighted by atomic mass is 9.91. The molecular formula is C19H27N3O2. The molecule has 1 aliphatic heterocycles. The summed E-state index contributed by atoms with van der Waals surface area (Å²) in [6.07, 6.45) is 0.618. The van der Waals surface area contributed by atoms with E-state index in [2.05, 4.69) is 16.9 Å². The molecular weight excluding hydrogens is 302 g/mol. The smallest absolute Gasteiger partial charge is 0.129 e. The van der Waals surface area contributed by atoms with Gasteiger partial charge < -0.3 is 9.84 Å². The minimum atomic E-state index is -0.877. The first-order chi connectivity index (χ1) is 11.4. The highest BCUT2D eigenvalue weighted by atomic mass is 16.5. The summed E-state index contributed by atoms with van der Waals surface area (Å²) >= 11 is 0. The largest absolute Gasteiger partial charge is 0.487 e. The molecule has 5 nitrogen and oxygen atoms in total. The summed E-state index contributed by atoms with van der Waals surface area (Å²) in [7, 11) is 1.97. The van der Waals surface area contributed by atoms with Crippen molar-refractivity contribution in [2.24, 2.45) is 7.05 Å². The van der Waals surface area contributed by atoms with Gasteiger partial charge in [-0.15, -0.1) is 0 Å². The predicted octanol–water partition coefficient (Wildman–Crippen LogP) is 2.44. The van der Waals surface area contributed by atoms with E-state index in [1.165, 1.54) is 11.3 Å². The van der Waals surface area contributed by atoms with Crippen LogP contribution in [0.4, 0.5) is 0 Å². The van der Waals surface area contributed by atoms with Crippen molar-refractivity contribution in [3.63, 3.8) is 0 Å². The molecule has 1 saturated heterocycles. The normalized spacial score (nSPS) is 25.0. The molecule has 0 amide bonds. The van der Waals surface area contributed by atoms with Crippen LogP contribution in [0.2, 0.25) is 0 Å². The van der Waals surface area contributed by atoms with Crippen LogP contribution < -0.4 is 4.74 Å². The molecule has 2 heterocycles. The highest BCUT2D eigenvalue weighted by Crippen LogP contribution is 2.28. The zero-order valence-corrected chi connectivity index (χ0v) is 15.0. The van der Waals surface area contributed by atoms with E-state index in [0.717, 1.165) is 31.0 Å². The number of para-hydroxylation sites is 1. The van der Waals surface area contributed by atoms with E-state index in [1.54, 1.807) is 0 Å². The molecule has 3 rings (SSSR count). The minimum Gasteiger partial charge on any atom is -0.487 e. The number of rotatable bonds is 4. The van der Waals surface area contributed by atoms with Crippen LogP contribution in [0.15, 0.2) is 30.3 Å². The second-order valence-corrected chi connectivity index (χ2v) is 7.05. The monoisotopic (exact) mass is 329 g/mol. The van der Waals surface area contributed by atoms with Crippen molar-refractivity contribution in [1.82, 2.24) is 14.7 Å². The Labute approximate surface area is 143 Å². The molecule has 0 radical (unpaired) electrons. The highest BCUT2D eigenvalue weighted by molar-refractivity contribution is 5.25. The van der Waals surface area contributed by atoms with Gasteiger partial charge in [0, 0.05) is 37.9 Å². The van der Waals surface area contributed by atoms with Crippen LogP contribution in [0.25, 0.3) is 0 Å². The van der Waals surface area contributed by atoms with Gasteiger partial charge in [0.05, 0.1) is 5.69 Å². The lowest BCUT2D eigenvalue weighted by Gasteiger charge is -2.42. The maximum absolute atomic E-state index is 10.9. The number of β-amino-alcohol motifs (C(OH)–C–C–N with tert-alkyl or cyclic N) is 1. The summed E-state index contributed by atoms with van der Waals surface area (Å²) in [5.74, 6) is 0.815. The predicted molar refractivity (Wildman–Crippen MR) is 94.1 cm³/mol. The number of nitrogens with zero attached hydrogens (tertiary/aromatic N) is 3. The fourth-order valence-electron chi connectivity index (χ4n) is 3.50. The molecule has 1 aromatic carbocycles. The third-order valence-corrected chi connectivity index (χ3v) is 5.01. The van der Waals surface area contributed by atoms with Crippen molar-refractivity contribution >= 4 is 0 Å². The first-order valence-electron chi connectivity index (χ1n) is 8.52. The molecule has 0 aliphatic carbocycles. The molecule has 130 valence electrons. The van der Waals surface area contributed by atoms with Gasteiger partial charge in [-0.1, -0.05) is 18.2 Å². The number of aromatic nitrogens is 2. The van der Waals surface area contributed by atoms with Gasteiger partial charge in [0.2, 0.25) is 0 Å². The van der Waals surface area contributed by atoms with E-state index in [9.17, 15) is 5.11 Å². The van der Waals surface area contributed by atoms with Crippen LogP contribution >= 0.6 is 0 Å². The average Bonchev–Trinajstić information content (AvgIpc) is 2.77. The molecule has 24 heavy (non-hydrogen) atoms. The van der Waals surface area contributed by atoms with Crippen LogP contribution in [-0.2, 0) is 13.6 Å². The molecule has 1 aromatic heterocycles. The minimum absolute atomic E-state index is 0.188. The van der Waals surface area contributed by atoms with Gasteiger partial charge in [0.25, 0.3) is 0 Å². The van der Waals surface area contributed by atoms with Gasteiger partial charge in [-0.2, -0.15) is 5.10 Å². The number of aryl methyl sites for hydroxylation is 2. The summed E-state index contributed by atoms with van der Waals surface area (Å²) in [5, 5.41) is 15.4. The quantitative estimate of drug-likeness (QED) is 0.936. The number of benzene rings is 1. The molecule has 0 spiro atoms. The van der Waals surface area contributed by atoms with E-state index >= 15 is 0 Å². The third kappa shape index (κ3) is 3.47. The van der Waals surface area contributed by atoms with Crippen molar-refractivity contribution in [2.45, 2.75) is 45.4 Å². The van der Waals surface area contributed by atoms with Crippen LogP contribution in [0, 0.1) is 13.8 Å². The zero-order chi connectivity index (χ0) is 17.3. The van der Waals surface area contributed by atoms with E-state index < -0.39 is 5.60 Å². The van der Waals surface area contributed by atoms with Gasteiger partial charge >= 0.3 is 0 Å². The van der Waals surface area contributed by atoms with Gasteiger partial charge in [-0.25, -0.2) is 0 Å². The highest BCUT2D eigenvalue weighted by Gasteiger charge is 2.40. The van der Waals surface area contributed by atoms with Crippen LogP contribution in [-0.4, -0.2) is 44.6 Å². The third-order valence-electron chi connectivity index (χ3n) is 5.01. The number of piperidine rings is 1. The molecule has 1 N–H and O–H groups in total. The topological polar surface area (TPSA) is 50.5 Å². The van der Waals surface area contributed by atoms with Gasteiger partial charge in [0.1, 0.15) is 17.5 Å². The van der Waals surface area contributed by atoms with Crippen molar-refractivity contribution < 1.29 is 9.84 Å². The maximum Gasteiger partial charge on any atom is 0.129 e. The van der Waals surface area contributed by atoms with Gasteiger partial charge in [0.15, 0.2) is 0 Å². The Hall–Kier alpha value is -1.85. The molecule has 2 atom stereocenters. The Morgan fingerprint density at radius 1 is 1.29 bits per heavy atom. The van der Waals surface area contributed by atoms with Gasteiger partial charge in [-0.3, -0.25) is 9.58 Å². The van der Waals surface area contributed by atoms with E-state index in [1.807, 2.05) is 55.9 Å². The molecule has 5 heteroatoms. The number of hydrogen-bond donors (Lipinski definition) is 1. The Morgan fingerprint density at radius 3 is 2.58 bits per heavy atom. The Morgan fingerprint density at radius 2 is 2.00 bits per heavy atom. The first-order valence-corrected chi connectivity index (χ1v) is 8.52. The summed E-state index contributed by atoms with van der Waals surface area (Å²) in [6, 6.07) is 9.74. The summed E-state index contributed by atoms with van der Waals surface area (Å²) in [6.45, 7) is 8.33.